The van der Waals surface area contributed by atoms with Gasteiger partial charge in [-0.15, -0.1) is 0 Å². The smallest absolute Gasteiger partial charge is 0.234 e. The highest BCUT2D eigenvalue weighted by Crippen LogP contribution is 2.22. The molecule has 0 aliphatic carbocycles. The zero-order valence-corrected chi connectivity index (χ0v) is 9.76. The number of hydrogen-bond acceptors (Lipinski definition) is 5. The van der Waals surface area contributed by atoms with E-state index in [0.717, 1.165) is 25.5 Å². The second kappa shape index (κ2) is 4.65. The first-order valence-electron chi connectivity index (χ1n) is 5.62. The molecule has 1 saturated heterocycles. The molecular weight excluding hydrogens is 204 g/mol. The van der Waals surface area contributed by atoms with Crippen LogP contribution in [0.3, 0.4) is 0 Å². The van der Waals surface area contributed by atoms with Gasteiger partial charge in [0.2, 0.25) is 5.88 Å². The molecule has 1 fully saturated rings. The Balaban J connectivity index is 2.00. The number of aromatic nitrogens is 2. The molecule has 1 aliphatic rings. The van der Waals surface area contributed by atoms with E-state index in [2.05, 4.69) is 14.9 Å². The fourth-order valence-corrected chi connectivity index (χ4v) is 1.69. The van der Waals surface area contributed by atoms with Crippen LogP contribution < -0.4 is 15.4 Å². The van der Waals surface area contributed by atoms with Crippen LogP contribution in [-0.4, -0.2) is 35.7 Å². The lowest BCUT2D eigenvalue weighted by atomic mass is 10.0. The fourth-order valence-electron chi connectivity index (χ4n) is 1.69. The van der Waals surface area contributed by atoms with E-state index in [4.69, 9.17) is 10.5 Å². The summed E-state index contributed by atoms with van der Waals surface area (Å²) in [6, 6.07) is 0. The zero-order chi connectivity index (χ0) is 11.5. The molecule has 1 aromatic heterocycles. The van der Waals surface area contributed by atoms with E-state index in [1.54, 1.807) is 12.4 Å². The first kappa shape index (κ1) is 11.1. The fraction of sp³-hybridized carbons (Fsp3) is 0.636. The second-order valence-electron chi connectivity index (χ2n) is 4.39. The highest BCUT2D eigenvalue weighted by Gasteiger charge is 2.26. The molecule has 5 heteroatoms. The highest BCUT2D eigenvalue weighted by atomic mass is 16.5. The summed E-state index contributed by atoms with van der Waals surface area (Å²) < 4.78 is 5.50. The third-order valence-corrected chi connectivity index (χ3v) is 2.57. The minimum Gasteiger partial charge on any atom is -0.474 e. The quantitative estimate of drug-likeness (QED) is 0.810. The summed E-state index contributed by atoms with van der Waals surface area (Å²) in [5, 5.41) is 0. The van der Waals surface area contributed by atoms with Crippen molar-refractivity contribution >= 4 is 5.82 Å². The second-order valence-corrected chi connectivity index (χ2v) is 4.39. The molecule has 0 radical (unpaired) electrons. The molecule has 1 aromatic rings. The number of nitrogens with two attached hydrogens (primary N) is 1. The van der Waals surface area contributed by atoms with Crippen molar-refractivity contribution in [1.29, 1.82) is 0 Å². The maximum absolute atomic E-state index is 5.58. The van der Waals surface area contributed by atoms with Crippen molar-refractivity contribution in [2.45, 2.75) is 20.0 Å². The number of hydrogen-bond donors (Lipinski definition) is 1. The minimum atomic E-state index is 0.123. The predicted molar refractivity (Wildman–Crippen MR) is 62.6 cm³/mol. The number of rotatable bonds is 4. The van der Waals surface area contributed by atoms with Gasteiger partial charge in [-0.1, -0.05) is 0 Å². The van der Waals surface area contributed by atoms with Crippen LogP contribution in [0.4, 0.5) is 5.82 Å². The molecule has 0 unspecified atom stereocenters. The minimum absolute atomic E-state index is 0.123. The molecule has 0 spiro atoms. The average molecular weight is 222 g/mol. The Morgan fingerprint density at radius 1 is 1.50 bits per heavy atom. The van der Waals surface area contributed by atoms with Crippen molar-refractivity contribution in [1.82, 2.24) is 9.97 Å². The molecule has 2 rings (SSSR count). The van der Waals surface area contributed by atoms with Gasteiger partial charge in [-0.3, -0.25) is 4.98 Å². The molecule has 16 heavy (non-hydrogen) atoms. The molecule has 2 heterocycles. The van der Waals surface area contributed by atoms with Crippen LogP contribution in [-0.2, 0) is 0 Å². The van der Waals surface area contributed by atoms with Crippen LogP contribution in [0, 0.1) is 5.92 Å². The third kappa shape index (κ3) is 2.41. The van der Waals surface area contributed by atoms with Crippen molar-refractivity contribution in [2.75, 3.05) is 24.5 Å². The van der Waals surface area contributed by atoms with Gasteiger partial charge in [0.1, 0.15) is 0 Å². The molecule has 0 atom stereocenters. The van der Waals surface area contributed by atoms with Gasteiger partial charge in [0, 0.05) is 19.0 Å². The first-order valence-corrected chi connectivity index (χ1v) is 5.62. The van der Waals surface area contributed by atoms with Gasteiger partial charge >= 0.3 is 0 Å². The van der Waals surface area contributed by atoms with Crippen molar-refractivity contribution in [3.63, 3.8) is 0 Å². The Labute approximate surface area is 95.6 Å². The van der Waals surface area contributed by atoms with Gasteiger partial charge in [0.15, 0.2) is 5.82 Å². The van der Waals surface area contributed by atoms with Gasteiger partial charge in [0.05, 0.1) is 18.5 Å². The molecule has 1 aliphatic heterocycles. The standard InChI is InChI=1S/C11H18N4O/c1-8(2)16-11-5-13-4-10(14-11)15-6-9(3-12)7-15/h4-5,8-9H,3,6-7,12H2,1-2H3. The van der Waals surface area contributed by atoms with E-state index in [0.29, 0.717) is 11.8 Å². The lowest BCUT2D eigenvalue weighted by molar-refractivity contribution is 0.231. The van der Waals surface area contributed by atoms with Crippen LogP contribution in [0.2, 0.25) is 0 Å². The molecule has 2 N–H and O–H groups in total. The maximum Gasteiger partial charge on any atom is 0.234 e. The van der Waals surface area contributed by atoms with Crippen LogP contribution in [0.25, 0.3) is 0 Å². The predicted octanol–water partition coefficient (Wildman–Crippen LogP) is 0.659. The van der Waals surface area contributed by atoms with Gasteiger partial charge in [0.25, 0.3) is 0 Å². The Kier molecular flexibility index (Phi) is 3.24. The molecule has 88 valence electrons. The largest absolute Gasteiger partial charge is 0.474 e. The van der Waals surface area contributed by atoms with Gasteiger partial charge in [-0.25, -0.2) is 0 Å². The zero-order valence-electron chi connectivity index (χ0n) is 9.76. The molecule has 5 nitrogen and oxygen atoms in total. The van der Waals surface area contributed by atoms with E-state index in [-0.39, 0.29) is 6.10 Å². The summed E-state index contributed by atoms with van der Waals surface area (Å²) in [6.45, 7) is 6.63. The molecular formula is C11H18N4O. The molecule has 0 bridgehead atoms. The van der Waals surface area contributed by atoms with E-state index >= 15 is 0 Å². The van der Waals surface area contributed by atoms with Gasteiger partial charge in [-0.05, 0) is 20.4 Å². The van der Waals surface area contributed by atoms with Crippen molar-refractivity contribution in [2.24, 2.45) is 11.7 Å². The number of anilines is 1. The third-order valence-electron chi connectivity index (χ3n) is 2.57. The summed E-state index contributed by atoms with van der Waals surface area (Å²) in [5.41, 5.74) is 5.58. The van der Waals surface area contributed by atoms with E-state index in [1.165, 1.54) is 0 Å². The van der Waals surface area contributed by atoms with Crippen molar-refractivity contribution in [3.05, 3.63) is 12.4 Å². The van der Waals surface area contributed by atoms with Crippen LogP contribution in [0.1, 0.15) is 13.8 Å². The lowest BCUT2D eigenvalue weighted by Gasteiger charge is -2.39. The Morgan fingerprint density at radius 2 is 2.25 bits per heavy atom. The molecule has 0 aromatic carbocycles. The number of ether oxygens (including phenoxy) is 1. The van der Waals surface area contributed by atoms with Crippen molar-refractivity contribution in [3.8, 4) is 5.88 Å². The summed E-state index contributed by atoms with van der Waals surface area (Å²) in [4.78, 5) is 10.7. The summed E-state index contributed by atoms with van der Waals surface area (Å²) >= 11 is 0. The first-order chi connectivity index (χ1) is 7.69. The monoisotopic (exact) mass is 222 g/mol. The van der Waals surface area contributed by atoms with Crippen LogP contribution in [0.15, 0.2) is 12.4 Å². The summed E-state index contributed by atoms with van der Waals surface area (Å²) in [7, 11) is 0. The van der Waals surface area contributed by atoms with E-state index in [9.17, 15) is 0 Å². The topological polar surface area (TPSA) is 64.3 Å². The van der Waals surface area contributed by atoms with E-state index < -0.39 is 0 Å². The number of nitrogens with zero attached hydrogens (tertiary/aromatic N) is 3. The SMILES string of the molecule is CC(C)Oc1cncc(N2CC(CN)C2)n1. The Hall–Kier alpha value is -1.36. The van der Waals surface area contributed by atoms with Crippen LogP contribution in [0.5, 0.6) is 5.88 Å². The lowest BCUT2D eigenvalue weighted by Crippen LogP contribution is -2.50. The van der Waals surface area contributed by atoms with Gasteiger partial charge in [-0.2, -0.15) is 4.98 Å². The van der Waals surface area contributed by atoms with Gasteiger partial charge < -0.3 is 15.4 Å². The van der Waals surface area contributed by atoms with E-state index in [1.807, 2.05) is 13.8 Å². The van der Waals surface area contributed by atoms with Crippen molar-refractivity contribution < 1.29 is 4.74 Å². The Bertz CT molecular complexity index is 350. The molecule has 0 amide bonds. The summed E-state index contributed by atoms with van der Waals surface area (Å²) in [6.07, 6.45) is 3.53. The normalized spacial score (nSPS) is 16.4. The maximum atomic E-state index is 5.58. The van der Waals surface area contributed by atoms with Crippen LogP contribution >= 0.6 is 0 Å². The average Bonchev–Trinajstić information content (AvgIpc) is 2.15. The summed E-state index contributed by atoms with van der Waals surface area (Å²) in [5.74, 6) is 2.06. The highest BCUT2D eigenvalue weighted by molar-refractivity contribution is 5.40. The Morgan fingerprint density at radius 3 is 2.88 bits per heavy atom. The molecule has 0 saturated carbocycles.